The number of carbonyl (C=O) groups excluding carboxylic acids is 1. The van der Waals surface area contributed by atoms with Gasteiger partial charge in [-0.2, -0.15) is 0 Å². The van der Waals surface area contributed by atoms with Gasteiger partial charge in [0, 0.05) is 7.05 Å². The van der Waals surface area contributed by atoms with Crippen LogP contribution in [0.4, 0.5) is 0 Å². The lowest BCUT2D eigenvalue weighted by atomic mass is 10.5. The van der Waals surface area contributed by atoms with Gasteiger partial charge in [0.2, 0.25) is 5.91 Å². The first-order valence-electron chi connectivity index (χ1n) is 4.77. The lowest BCUT2D eigenvalue weighted by Crippen LogP contribution is -2.36. The highest BCUT2D eigenvalue weighted by Crippen LogP contribution is 1.89. The fraction of sp³-hybridized carbons (Fsp3) is 0.778. The van der Waals surface area contributed by atoms with E-state index in [-0.39, 0.29) is 18.5 Å². The second-order valence-electron chi connectivity index (χ2n) is 4.49. The first-order chi connectivity index (χ1) is 6.76. The van der Waals surface area contributed by atoms with E-state index in [1.165, 1.54) is 0 Å². The Kier molecular flexibility index (Phi) is 5.24. The van der Waals surface area contributed by atoms with Crippen LogP contribution in [0.15, 0.2) is 0 Å². The number of amides is 1. The third-order valence-corrected chi connectivity index (χ3v) is 1.79. The highest BCUT2D eigenvalue weighted by atomic mass is 16.3. The van der Waals surface area contributed by atoms with Gasteiger partial charge in [-0.25, -0.2) is 0 Å². The van der Waals surface area contributed by atoms with E-state index in [1.807, 2.05) is 0 Å². The van der Waals surface area contributed by atoms with E-state index in [0.717, 1.165) is 11.0 Å². The van der Waals surface area contributed by atoms with Crippen LogP contribution in [0.1, 0.15) is 0 Å². The van der Waals surface area contributed by atoms with E-state index in [1.54, 1.807) is 11.9 Å². The van der Waals surface area contributed by atoms with Crippen molar-refractivity contribution >= 4 is 11.9 Å². The number of aliphatic hydroxyl groups is 1. The third kappa shape index (κ3) is 6.87. The number of hydrogen-bond acceptors (Lipinski definition) is 3. The average molecular weight is 217 g/mol. The van der Waals surface area contributed by atoms with Gasteiger partial charge >= 0.3 is 0 Å². The van der Waals surface area contributed by atoms with Crippen LogP contribution in [0.25, 0.3) is 0 Å². The van der Waals surface area contributed by atoms with Crippen LogP contribution < -0.4 is 5.32 Å². The second-order valence-corrected chi connectivity index (χ2v) is 4.49. The van der Waals surface area contributed by atoms with Crippen LogP contribution in [0.3, 0.4) is 0 Å². The molecule has 0 bridgehead atoms. The molecule has 1 heterocycles. The molecule has 0 unspecified atom stereocenters. The molecule has 1 amide bonds. The summed E-state index contributed by atoms with van der Waals surface area (Å²) in [5, 5.41) is 17.7. The number of guanidine groups is 1. The predicted octanol–water partition coefficient (Wildman–Crippen LogP) is -1.33. The Labute approximate surface area is 90.6 Å². The number of nitrogens with one attached hydrogen (secondary N) is 2. The summed E-state index contributed by atoms with van der Waals surface area (Å²) in [6, 6.07) is 0. The SMILES string of the molecule is CN1CC(=O)NC1=N.C[N+](C)(C)CCO. The molecular formula is C9H21N4O2+. The molecule has 6 heteroatoms. The maximum Gasteiger partial charge on any atom is 0.246 e. The number of rotatable bonds is 2. The van der Waals surface area contributed by atoms with Gasteiger partial charge in [0.05, 0.1) is 34.3 Å². The Balaban J connectivity index is 0.000000265. The molecule has 1 rings (SSSR count). The predicted molar refractivity (Wildman–Crippen MR) is 58.5 cm³/mol. The standard InChI is InChI=1S/C5H14NO.C4H7N3O/c1-6(2,3)4-5-7;1-7-2-3(8)6-4(7)5/h7H,4-5H2,1-3H3;2H2,1H3,(H2,5,6,8)/q+1;. The van der Waals surface area contributed by atoms with E-state index in [2.05, 4.69) is 26.5 Å². The molecule has 0 aromatic carbocycles. The number of quaternary nitrogens is 1. The number of aliphatic hydroxyl groups excluding tert-OH is 1. The van der Waals surface area contributed by atoms with Gasteiger partial charge < -0.3 is 14.5 Å². The van der Waals surface area contributed by atoms with Gasteiger partial charge in [-0.05, 0) is 0 Å². The Morgan fingerprint density at radius 1 is 1.53 bits per heavy atom. The molecule has 0 radical (unpaired) electrons. The lowest BCUT2D eigenvalue weighted by molar-refractivity contribution is -0.870. The van der Waals surface area contributed by atoms with Crippen molar-refractivity contribution in [2.75, 3.05) is 47.9 Å². The van der Waals surface area contributed by atoms with Crippen molar-refractivity contribution < 1.29 is 14.4 Å². The Morgan fingerprint density at radius 3 is 2.13 bits per heavy atom. The second kappa shape index (κ2) is 5.67. The van der Waals surface area contributed by atoms with Crippen molar-refractivity contribution in [3.63, 3.8) is 0 Å². The molecule has 0 atom stereocenters. The monoisotopic (exact) mass is 217 g/mol. The van der Waals surface area contributed by atoms with Crippen molar-refractivity contribution in [3.8, 4) is 0 Å². The van der Waals surface area contributed by atoms with Gasteiger partial charge in [0.25, 0.3) is 0 Å². The fourth-order valence-corrected chi connectivity index (χ4v) is 0.861. The van der Waals surface area contributed by atoms with Crippen molar-refractivity contribution in [3.05, 3.63) is 0 Å². The van der Waals surface area contributed by atoms with E-state index in [9.17, 15) is 4.79 Å². The first kappa shape index (κ1) is 13.9. The van der Waals surface area contributed by atoms with Gasteiger partial charge in [-0.3, -0.25) is 15.5 Å². The molecule has 0 aromatic heterocycles. The molecule has 88 valence electrons. The lowest BCUT2D eigenvalue weighted by Gasteiger charge is -2.21. The minimum atomic E-state index is -0.0995. The molecule has 0 saturated carbocycles. The number of likely N-dealkylation sites (N-methyl/N-ethyl adjacent to an activating group) is 2. The Morgan fingerprint density at radius 2 is 2.07 bits per heavy atom. The summed E-state index contributed by atoms with van der Waals surface area (Å²) in [6.07, 6.45) is 0. The van der Waals surface area contributed by atoms with E-state index >= 15 is 0 Å². The number of hydrogen-bond donors (Lipinski definition) is 3. The zero-order chi connectivity index (χ0) is 12.1. The van der Waals surface area contributed by atoms with Crippen molar-refractivity contribution in [2.45, 2.75) is 0 Å². The zero-order valence-corrected chi connectivity index (χ0v) is 9.87. The molecule has 1 aliphatic heterocycles. The van der Waals surface area contributed by atoms with Crippen LogP contribution in [0.2, 0.25) is 0 Å². The summed E-state index contributed by atoms with van der Waals surface area (Å²) in [5.41, 5.74) is 0. The smallest absolute Gasteiger partial charge is 0.246 e. The molecule has 6 nitrogen and oxygen atoms in total. The van der Waals surface area contributed by atoms with Crippen LogP contribution in [-0.4, -0.2) is 74.2 Å². The third-order valence-electron chi connectivity index (χ3n) is 1.79. The quantitative estimate of drug-likeness (QED) is 0.501. The Hall–Kier alpha value is -1.14. The highest BCUT2D eigenvalue weighted by molar-refractivity contribution is 6.02. The van der Waals surface area contributed by atoms with Gasteiger partial charge in [-0.15, -0.1) is 0 Å². The Bertz CT molecular complexity index is 235. The summed E-state index contributed by atoms with van der Waals surface area (Å²) >= 11 is 0. The highest BCUT2D eigenvalue weighted by Gasteiger charge is 2.18. The normalized spacial score (nSPS) is 15.9. The summed E-state index contributed by atoms with van der Waals surface area (Å²) in [4.78, 5) is 11.9. The summed E-state index contributed by atoms with van der Waals surface area (Å²) in [5.74, 6) is 0.0903. The van der Waals surface area contributed by atoms with E-state index in [4.69, 9.17) is 10.5 Å². The summed E-state index contributed by atoms with van der Waals surface area (Å²) in [6.45, 7) is 1.43. The average Bonchev–Trinajstić information content (AvgIpc) is 2.27. The topological polar surface area (TPSA) is 76.4 Å². The molecule has 1 aliphatic rings. The molecule has 1 saturated heterocycles. The molecule has 0 aliphatic carbocycles. The van der Waals surface area contributed by atoms with Gasteiger partial charge in [-0.1, -0.05) is 0 Å². The number of carbonyl (C=O) groups is 1. The maximum atomic E-state index is 10.4. The molecule has 1 fully saturated rings. The van der Waals surface area contributed by atoms with E-state index < -0.39 is 0 Å². The zero-order valence-electron chi connectivity index (χ0n) is 9.87. The molecule has 0 spiro atoms. The minimum absolute atomic E-state index is 0.0995. The summed E-state index contributed by atoms with van der Waals surface area (Å²) in [7, 11) is 7.85. The van der Waals surface area contributed by atoms with Crippen molar-refractivity contribution in [1.82, 2.24) is 10.2 Å². The maximum absolute atomic E-state index is 10.4. The van der Waals surface area contributed by atoms with Crippen molar-refractivity contribution in [1.29, 1.82) is 5.41 Å². The summed E-state index contributed by atoms with van der Waals surface area (Å²) < 4.78 is 0.844. The van der Waals surface area contributed by atoms with Crippen LogP contribution in [-0.2, 0) is 4.79 Å². The molecular weight excluding hydrogens is 196 g/mol. The van der Waals surface area contributed by atoms with Crippen LogP contribution in [0.5, 0.6) is 0 Å². The van der Waals surface area contributed by atoms with Gasteiger partial charge in [0.15, 0.2) is 5.96 Å². The van der Waals surface area contributed by atoms with Crippen LogP contribution in [0, 0.1) is 5.41 Å². The molecule has 3 N–H and O–H groups in total. The van der Waals surface area contributed by atoms with E-state index in [0.29, 0.717) is 6.54 Å². The largest absolute Gasteiger partial charge is 0.391 e. The first-order valence-corrected chi connectivity index (χ1v) is 4.77. The van der Waals surface area contributed by atoms with Gasteiger partial charge in [0.1, 0.15) is 6.54 Å². The van der Waals surface area contributed by atoms with Crippen molar-refractivity contribution in [2.24, 2.45) is 0 Å². The number of nitrogens with zero attached hydrogens (tertiary/aromatic N) is 2. The molecule has 0 aromatic rings. The minimum Gasteiger partial charge on any atom is -0.391 e. The van der Waals surface area contributed by atoms with Crippen LogP contribution >= 0.6 is 0 Å². The molecule has 15 heavy (non-hydrogen) atoms. The fourth-order valence-electron chi connectivity index (χ4n) is 0.861.